The highest BCUT2D eigenvalue weighted by atomic mass is 32.3. The number of carbonyl (C=O) groups is 3. The number of carbonyl (C=O) groups excluding carboxylic acids is 2. The molecule has 1 amide bonds. The van der Waals surface area contributed by atoms with Crippen molar-refractivity contribution in [3.63, 3.8) is 0 Å². The molecule has 0 aromatic heterocycles. The zero-order valence-electron chi connectivity index (χ0n) is 25.6. The van der Waals surface area contributed by atoms with Gasteiger partial charge in [-0.2, -0.15) is 0 Å². The molecule has 0 bridgehead atoms. The van der Waals surface area contributed by atoms with Crippen LogP contribution >= 0.6 is 0 Å². The molecule has 1 heterocycles. The fourth-order valence-corrected chi connectivity index (χ4v) is 7.71. The van der Waals surface area contributed by atoms with Gasteiger partial charge in [-0.05, 0) is 64.6 Å². The van der Waals surface area contributed by atoms with Gasteiger partial charge in [0.05, 0.1) is 18.2 Å². The molecular weight excluding hydrogens is 596 g/mol. The molecule has 0 aliphatic carbocycles. The second kappa shape index (κ2) is 14.4. The molecule has 1 fully saturated rings. The summed E-state index contributed by atoms with van der Waals surface area (Å²) in [4.78, 5) is 36.7. The third-order valence-electron chi connectivity index (χ3n) is 7.22. The summed E-state index contributed by atoms with van der Waals surface area (Å²) < 4.78 is 34.3. The topological polar surface area (TPSA) is 140 Å². The van der Waals surface area contributed by atoms with Gasteiger partial charge in [-0.3, -0.25) is 13.7 Å². The molecule has 3 aromatic rings. The molecule has 1 saturated heterocycles. The van der Waals surface area contributed by atoms with E-state index in [4.69, 9.17) is 14.2 Å². The molecule has 0 saturated carbocycles. The monoisotopic (exact) mass is 634 g/mol. The second-order valence-corrected chi connectivity index (χ2v) is 13.7. The van der Waals surface area contributed by atoms with E-state index in [0.29, 0.717) is 16.2 Å². The van der Waals surface area contributed by atoms with Crippen molar-refractivity contribution < 1.29 is 37.9 Å². The SMILES string of the molecule is CC#Cc1ccc(OC2(c3ccccc3)CN[SH](=O)(c3cccc(C[C@H](NC(=O)OC(C)OC(=O)C(C)C)C(=O)O)c3)C2)cc1. The van der Waals surface area contributed by atoms with Crippen LogP contribution in [-0.2, 0) is 41.2 Å². The van der Waals surface area contributed by atoms with Gasteiger partial charge in [0.15, 0.2) is 5.60 Å². The minimum absolute atomic E-state index is 0.105. The summed E-state index contributed by atoms with van der Waals surface area (Å²) in [6, 6.07) is 22.5. The third kappa shape index (κ3) is 8.50. The van der Waals surface area contributed by atoms with E-state index in [1.807, 2.05) is 54.6 Å². The molecular formula is C34H38N2O8S. The molecule has 45 heavy (non-hydrogen) atoms. The molecule has 3 N–H and O–H groups in total. The molecule has 11 heteroatoms. The van der Waals surface area contributed by atoms with Crippen LogP contribution in [0.2, 0.25) is 0 Å². The van der Waals surface area contributed by atoms with Crippen molar-refractivity contribution in [2.24, 2.45) is 5.92 Å². The maximum atomic E-state index is 14.5. The zero-order valence-corrected chi connectivity index (χ0v) is 26.5. The number of amides is 1. The van der Waals surface area contributed by atoms with E-state index in [9.17, 15) is 23.7 Å². The smallest absolute Gasteiger partial charge is 0.410 e. The quantitative estimate of drug-likeness (QED) is 0.107. The first-order valence-corrected chi connectivity index (χ1v) is 16.4. The Kier molecular flexibility index (Phi) is 10.6. The normalized spacial score (nSPS) is 18.9. The van der Waals surface area contributed by atoms with Gasteiger partial charge in [-0.25, -0.2) is 9.59 Å². The fraction of sp³-hybridized carbons (Fsp3) is 0.324. The highest BCUT2D eigenvalue weighted by Gasteiger charge is 2.46. The molecule has 1 aliphatic rings. The summed E-state index contributed by atoms with van der Waals surface area (Å²) in [6.07, 6.45) is -2.36. The van der Waals surface area contributed by atoms with Gasteiger partial charge in [0, 0.05) is 23.8 Å². The predicted octanol–water partition coefficient (Wildman–Crippen LogP) is 4.19. The van der Waals surface area contributed by atoms with Crippen LogP contribution in [0.25, 0.3) is 0 Å². The van der Waals surface area contributed by atoms with E-state index < -0.39 is 52.0 Å². The van der Waals surface area contributed by atoms with Gasteiger partial charge in [-0.15, -0.1) is 5.92 Å². The van der Waals surface area contributed by atoms with Crippen molar-refractivity contribution in [2.45, 2.75) is 56.9 Å². The van der Waals surface area contributed by atoms with E-state index in [-0.39, 0.29) is 18.7 Å². The molecule has 0 spiro atoms. The van der Waals surface area contributed by atoms with Crippen LogP contribution in [0.1, 0.15) is 44.4 Å². The largest absolute Gasteiger partial charge is 0.480 e. The van der Waals surface area contributed by atoms with E-state index >= 15 is 0 Å². The van der Waals surface area contributed by atoms with Gasteiger partial charge in [0.25, 0.3) is 0 Å². The lowest BCUT2D eigenvalue weighted by atomic mass is 9.95. The number of carboxylic acid groups (broad SMARTS) is 1. The first-order chi connectivity index (χ1) is 21.4. The number of carboxylic acids is 1. The number of rotatable bonds is 11. The first-order valence-electron chi connectivity index (χ1n) is 14.5. The van der Waals surface area contributed by atoms with Gasteiger partial charge >= 0.3 is 18.0 Å². The molecule has 3 aromatic carbocycles. The summed E-state index contributed by atoms with van der Waals surface area (Å²) in [5.74, 6) is 4.39. The number of benzene rings is 3. The first kappa shape index (κ1) is 33.2. The number of thiol groups is 1. The standard InChI is InChI=1S/C34H38N2O8S/c1-5-10-25-15-17-28(18-16-25)44-34(27-12-7-6-8-13-27)21-35-45(41,22-34)29-14-9-11-26(19-29)20-30(31(37)38)36-33(40)43-24(4)42-32(39)23(2)3/h6-9,11-19,23-24,30,45H,20-22H2,1-4H3,(H,35,41)(H,36,40)(H,37,38)/t24?,30-,34?/m0/s1. The van der Waals surface area contributed by atoms with E-state index in [2.05, 4.69) is 21.9 Å². The molecule has 2 unspecified atom stereocenters. The van der Waals surface area contributed by atoms with Crippen LogP contribution in [0.4, 0.5) is 4.79 Å². The van der Waals surface area contributed by atoms with Crippen LogP contribution < -0.4 is 14.8 Å². The van der Waals surface area contributed by atoms with Crippen LogP contribution in [-0.4, -0.2) is 52.0 Å². The Bertz CT molecular complexity index is 1630. The third-order valence-corrected chi connectivity index (χ3v) is 9.96. The van der Waals surface area contributed by atoms with Crippen molar-refractivity contribution in [2.75, 3.05) is 12.3 Å². The predicted molar refractivity (Wildman–Crippen MR) is 170 cm³/mol. The minimum atomic E-state index is -3.23. The fourth-order valence-electron chi connectivity index (χ4n) is 4.94. The number of hydrogen-bond donors (Lipinski definition) is 4. The van der Waals surface area contributed by atoms with Crippen molar-refractivity contribution in [1.29, 1.82) is 0 Å². The Hall–Kier alpha value is -4.66. The summed E-state index contributed by atoms with van der Waals surface area (Å²) in [5, 5.41) is 12.1. The maximum absolute atomic E-state index is 14.5. The average Bonchev–Trinajstić information content (AvgIpc) is 3.36. The Labute approximate surface area is 264 Å². The van der Waals surface area contributed by atoms with Gasteiger partial charge in [-0.1, -0.05) is 62.2 Å². The number of aliphatic carboxylic acids is 1. The molecule has 4 rings (SSSR count). The number of alkyl carbamates (subject to hydrolysis) is 1. The summed E-state index contributed by atoms with van der Waals surface area (Å²) in [7, 11) is -3.23. The average molecular weight is 635 g/mol. The molecule has 1 aliphatic heterocycles. The highest BCUT2D eigenvalue weighted by Crippen LogP contribution is 2.38. The van der Waals surface area contributed by atoms with E-state index in [1.165, 1.54) is 6.92 Å². The van der Waals surface area contributed by atoms with Crippen molar-refractivity contribution in [3.05, 3.63) is 95.6 Å². The number of esters is 1. The number of ether oxygens (including phenoxy) is 3. The van der Waals surface area contributed by atoms with Crippen LogP contribution in [0.3, 0.4) is 0 Å². The lowest BCUT2D eigenvalue weighted by molar-refractivity contribution is -0.169. The zero-order chi connectivity index (χ0) is 32.6. The molecule has 3 atom stereocenters. The molecule has 10 nitrogen and oxygen atoms in total. The summed E-state index contributed by atoms with van der Waals surface area (Å²) in [5.41, 5.74) is 1.33. The lowest BCUT2D eigenvalue weighted by Gasteiger charge is -2.31. The van der Waals surface area contributed by atoms with Crippen LogP contribution in [0, 0.1) is 17.8 Å². The minimum Gasteiger partial charge on any atom is -0.480 e. The van der Waals surface area contributed by atoms with E-state index in [1.54, 1.807) is 45.0 Å². The Morgan fingerprint density at radius 1 is 1.00 bits per heavy atom. The number of hydrogen-bond acceptors (Lipinski definition) is 7. The Balaban J connectivity index is 1.52. The second-order valence-electron chi connectivity index (χ2n) is 11.1. The molecule has 238 valence electrons. The van der Waals surface area contributed by atoms with Crippen molar-refractivity contribution in [1.82, 2.24) is 10.0 Å². The van der Waals surface area contributed by atoms with Crippen LogP contribution in [0.15, 0.2) is 83.8 Å². The summed E-state index contributed by atoms with van der Waals surface area (Å²) >= 11 is 0. The van der Waals surface area contributed by atoms with Crippen LogP contribution in [0.5, 0.6) is 5.75 Å². The number of nitrogens with one attached hydrogen (secondary N) is 2. The maximum Gasteiger partial charge on any atom is 0.410 e. The van der Waals surface area contributed by atoms with Gasteiger partial charge in [0.1, 0.15) is 11.8 Å². The highest BCUT2D eigenvalue weighted by molar-refractivity contribution is 8.01. The van der Waals surface area contributed by atoms with Gasteiger partial charge < -0.3 is 24.6 Å². The Morgan fingerprint density at radius 3 is 2.36 bits per heavy atom. The van der Waals surface area contributed by atoms with Gasteiger partial charge in [0.2, 0.25) is 6.29 Å². The van der Waals surface area contributed by atoms with Crippen molar-refractivity contribution >= 4 is 28.2 Å². The van der Waals surface area contributed by atoms with E-state index in [0.717, 1.165) is 11.1 Å². The Morgan fingerprint density at radius 2 is 1.71 bits per heavy atom. The molecule has 0 radical (unpaired) electrons. The summed E-state index contributed by atoms with van der Waals surface area (Å²) in [6.45, 7) is 6.68. The lowest BCUT2D eigenvalue weighted by Crippen LogP contribution is -2.44. The van der Waals surface area contributed by atoms with Crippen molar-refractivity contribution in [3.8, 4) is 17.6 Å².